The number of piperidine rings is 1. The fourth-order valence-corrected chi connectivity index (χ4v) is 10.1. The number of rotatable bonds is 8. The fraction of sp³-hybridized carbons (Fsp3) is 0.667. The first-order valence-corrected chi connectivity index (χ1v) is 15.0. The maximum Gasteiger partial charge on any atom is 0.263 e. The van der Waals surface area contributed by atoms with Crippen molar-refractivity contribution in [2.24, 2.45) is 5.92 Å². The second-order valence-corrected chi connectivity index (χ2v) is 13.7. The second kappa shape index (κ2) is 10.8. The van der Waals surface area contributed by atoms with E-state index in [1.165, 1.54) is 11.1 Å². The van der Waals surface area contributed by atoms with E-state index in [9.17, 15) is 19.0 Å². The standard InChI is InChI=1S/C27H39N3O5S/c31-25(29-19-22-6-2-3-7-23(22)20-29)8-4-1-5-21-11-15-30(16-12-21)36(34,24-9-10-24)27(26(32)28-33)13-17-35-18-14-27/h2-3,6-7,21,33H,1,4-5,8-20H2,(H,28,32). The number of hydrogen-bond acceptors (Lipinski definition) is 5. The number of unbranched alkanes of at least 4 members (excludes halogenated alkanes) is 1. The molecule has 3 aliphatic heterocycles. The van der Waals surface area contributed by atoms with Crippen LogP contribution in [0.4, 0.5) is 0 Å². The minimum atomic E-state index is -2.72. The molecule has 0 bridgehead atoms. The average Bonchev–Trinajstić information content (AvgIpc) is 3.69. The van der Waals surface area contributed by atoms with E-state index < -0.39 is 20.4 Å². The molecule has 3 heterocycles. The Bertz CT molecular complexity index is 1070. The van der Waals surface area contributed by atoms with Crippen molar-refractivity contribution in [1.82, 2.24) is 14.7 Å². The van der Waals surface area contributed by atoms with Gasteiger partial charge in [-0.1, -0.05) is 37.1 Å². The highest BCUT2D eigenvalue weighted by molar-refractivity contribution is 8.02. The van der Waals surface area contributed by atoms with Crippen LogP contribution in [0.3, 0.4) is 0 Å². The number of amides is 2. The largest absolute Gasteiger partial charge is 0.381 e. The number of ether oxygens (including phenoxy) is 1. The van der Waals surface area contributed by atoms with Crippen LogP contribution in [0.1, 0.15) is 75.3 Å². The van der Waals surface area contributed by atoms with Gasteiger partial charge < -0.3 is 9.64 Å². The summed E-state index contributed by atoms with van der Waals surface area (Å²) in [4.78, 5) is 28.5. The van der Waals surface area contributed by atoms with Crippen molar-refractivity contribution in [2.75, 3.05) is 26.3 Å². The highest BCUT2D eigenvalue weighted by Crippen LogP contribution is 2.40. The van der Waals surface area contributed by atoms with Crippen LogP contribution in [-0.2, 0) is 37.1 Å². The third kappa shape index (κ3) is 4.83. The number of carbonyl (C=O) groups is 2. The van der Waals surface area contributed by atoms with Crippen LogP contribution in [0, 0.1) is 5.92 Å². The molecule has 1 aromatic carbocycles. The Hall–Kier alpha value is -1.94. The average molecular weight is 518 g/mol. The van der Waals surface area contributed by atoms with Crippen molar-refractivity contribution in [3.63, 3.8) is 0 Å². The first-order valence-electron chi connectivity index (χ1n) is 13.5. The van der Waals surface area contributed by atoms with E-state index in [4.69, 9.17) is 4.74 Å². The van der Waals surface area contributed by atoms with Crippen molar-refractivity contribution in [3.8, 4) is 0 Å². The van der Waals surface area contributed by atoms with E-state index >= 15 is 0 Å². The van der Waals surface area contributed by atoms with Crippen molar-refractivity contribution in [3.05, 3.63) is 35.4 Å². The van der Waals surface area contributed by atoms with Crippen molar-refractivity contribution in [2.45, 2.75) is 82.0 Å². The van der Waals surface area contributed by atoms with Crippen LogP contribution < -0.4 is 5.48 Å². The van der Waals surface area contributed by atoms with E-state index in [1.54, 1.807) is 0 Å². The predicted molar refractivity (Wildman–Crippen MR) is 139 cm³/mol. The molecule has 2 N–H and O–H groups in total. The molecule has 5 rings (SSSR count). The first-order chi connectivity index (χ1) is 17.5. The van der Waals surface area contributed by atoms with E-state index in [-0.39, 0.29) is 5.91 Å². The smallest absolute Gasteiger partial charge is 0.263 e. The lowest BCUT2D eigenvalue weighted by Crippen LogP contribution is -2.61. The summed E-state index contributed by atoms with van der Waals surface area (Å²) in [6.45, 7) is 3.65. The Morgan fingerprint density at radius 1 is 1.06 bits per heavy atom. The molecule has 36 heavy (non-hydrogen) atoms. The van der Waals surface area contributed by atoms with Gasteiger partial charge in [-0.05, 0) is 66.9 Å². The summed E-state index contributed by atoms with van der Waals surface area (Å²) in [5.41, 5.74) is 4.36. The van der Waals surface area contributed by atoms with Crippen LogP contribution in [0.25, 0.3) is 0 Å². The molecule has 3 fully saturated rings. The van der Waals surface area contributed by atoms with Gasteiger partial charge in [0.05, 0.1) is 0 Å². The number of nitrogens with zero attached hydrogens (tertiary/aromatic N) is 2. The van der Waals surface area contributed by atoms with Crippen molar-refractivity contribution in [1.29, 1.82) is 0 Å². The zero-order valence-corrected chi connectivity index (χ0v) is 21.9. The minimum Gasteiger partial charge on any atom is -0.381 e. The highest BCUT2D eigenvalue weighted by atomic mass is 32.2. The van der Waals surface area contributed by atoms with Gasteiger partial charge in [0, 0.05) is 55.5 Å². The van der Waals surface area contributed by atoms with Crippen molar-refractivity contribution >= 4 is 26.4 Å². The molecular weight excluding hydrogens is 478 g/mol. The monoisotopic (exact) mass is 517 g/mol. The Morgan fingerprint density at radius 3 is 2.28 bits per heavy atom. The number of carbonyl (C=O) groups excluding carboxylic acids is 2. The highest BCUT2D eigenvalue weighted by Gasteiger charge is 2.54. The summed E-state index contributed by atoms with van der Waals surface area (Å²) in [6, 6.07) is 8.28. The van der Waals surface area contributed by atoms with Crippen molar-refractivity contribution < 1.29 is 23.7 Å². The summed E-state index contributed by atoms with van der Waals surface area (Å²) in [6.07, 6.45) is 7.86. The predicted octanol–water partition coefficient (Wildman–Crippen LogP) is 3.02. The molecule has 1 unspecified atom stereocenters. The number of fused-ring (bicyclic) bond motifs is 1. The molecule has 1 atom stereocenters. The summed E-state index contributed by atoms with van der Waals surface area (Å²) in [5, 5.41) is 9.51. The van der Waals surface area contributed by atoms with Crippen LogP contribution in [0.2, 0.25) is 0 Å². The third-order valence-electron chi connectivity index (χ3n) is 8.57. The molecular formula is C27H39N3O5S. The van der Waals surface area contributed by atoms with Gasteiger partial charge in [-0.25, -0.2) is 9.79 Å². The lowest BCUT2D eigenvalue weighted by molar-refractivity contribution is -0.134. The zero-order chi connectivity index (χ0) is 25.2. The van der Waals surface area contributed by atoms with E-state index in [0.717, 1.165) is 62.9 Å². The molecule has 4 aliphatic rings. The Labute approximate surface area is 214 Å². The Morgan fingerprint density at radius 2 is 1.69 bits per heavy atom. The lowest BCUT2D eigenvalue weighted by atomic mass is 9.92. The van der Waals surface area contributed by atoms with Gasteiger partial charge in [0.2, 0.25) is 5.91 Å². The molecule has 2 amide bonds. The normalized spacial score (nSPS) is 23.7. The van der Waals surface area contributed by atoms with E-state index in [0.29, 0.717) is 51.5 Å². The number of benzene rings is 1. The van der Waals surface area contributed by atoms with Gasteiger partial charge in [-0.3, -0.25) is 19.0 Å². The Kier molecular flexibility index (Phi) is 7.72. The van der Waals surface area contributed by atoms with Crippen LogP contribution in [0.15, 0.2) is 24.3 Å². The van der Waals surface area contributed by atoms with E-state index in [1.807, 2.05) is 22.5 Å². The SMILES string of the molecule is O=C(CCCCC1CCN(S(=O)(=C2CC2)C2(C(=O)NO)CCOCC2)CC1)N1Cc2ccccc2C1. The molecule has 2 saturated heterocycles. The molecule has 0 spiro atoms. The molecule has 1 saturated carbocycles. The van der Waals surface area contributed by atoms with Gasteiger partial charge in [0.25, 0.3) is 5.91 Å². The van der Waals surface area contributed by atoms with Gasteiger partial charge in [0.15, 0.2) is 0 Å². The van der Waals surface area contributed by atoms with Gasteiger partial charge >= 0.3 is 0 Å². The maximum atomic E-state index is 14.6. The lowest BCUT2D eigenvalue weighted by Gasteiger charge is -2.45. The number of nitrogens with one attached hydrogen (secondary N) is 1. The molecule has 0 radical (unpaired) electrons. The van der Waals surface area contributed by atoms with Gasteiger partial charge in [-0.15, -0.1) is 0 Å². The number of hydrogen-bond donors (Lipinski definition) is 2. The summed E-state index contributed by atoms with van der Waals surface area (Å²) >= 11 is 0. The molecule has 8 nitrogen and oxygen atoms in total. The molecule has 1 aliphatic carbocycles. The first kappa shape index (κ1) is 25.7. The molecule has 0 aromatic heterocycles. The third-order valence-corrected chi connectivity index (χ3v) is 12.5. The number of hydroxylamine groups is 1. The fourth-order valence-electron chi connectivity index (χ4n) is 6.30. The van der Waals surface area contributed by atoms with Gasteiger partial charge in [-0.2, -0.15) is 0 Å². The molecule has 198 valence electrons. The molecule has 1 aromatic rings. The molecule has 9 heteroatoms. The minimum absolute atomic E-state index is 0.242. The van der Waals surface area contributed by atoms with Crippen LogP contribution >= 0.6 is 0 Å². The van der Waals surface area contributed by atoms with Crippen LogP contribution in [0.5, 0.6) is 0 Å². The topological polar surface area (TPSA) is 99.2 Å². The van der Waals surface area contributed by atoms with Gasteiger partial charge in [0.1, 0.15) is 4.75 Å². The Balaban J connectivity index is 1.11. The maximum absolute atomic E-state index is 14.6. The zero-order valence-electron chi connectivity index (χ0n) is 21.1. The van der Waals surface area contributed by atoms with Crippen LogP contribution in [-0.4, -0.2) is 66.4 Å². The second-order valence-electron chi connectivity index (χ2n) is 10.7. The summed E-state index contributed by atoms with van der Waals surface area (Å²) in [7, 11) is -2.72. The summed E-state index contributed by atoms with van der Waals surface area (Å²) in [5.74, 6) is 0.270. The quantitative estimate of drug-likeness (QED) is 0.239. The summed E-state index contributed by atoms with van der Waals surface area (Å²) < 4.78 is 21.1. The van der Waals surface area contributed by atoms with E-state index in [2.05, 4.69) is 16.4 Å².